The first kappa shape index (κ1) is 21.8. The molecule has 1 N–H and O–H groups in total. The zero-order chi connectivity index (χ0) is 22.2. The number of hydrogen-bond donors (Lipinski definition) is 1. The average molecular weight is 461 g/mol. The zero-order valence-corrected chi connectivity index (χ0v) is 19.4. The molecule has 0 radical (unpaired) electrons. The normalized spacial score (nSPS) is 18.5. The summed E-state index contributed by atoms with van der Waals surface area (Å²) in [7, 11) is 3.40. The Balaban J connectivity index is 1.64. The van der Waals surface area contributed by atoms with Crippen molar-refractivity contribution >= 4 is 29.1 Å². The average Bonchev–Trinajstić information content (AvgIpc) is 3.18. The quantitative estimate of drug-likeness (QED) is 0.541. The van der Waals surface area contributed by atoms with Crippen LogP contribution in [-0.4, -0.2) is 46.0 Å². The van der Waals surface area contributed by atoms with Gasteiger partial charge in [0.1, 0.15) is 5.75 Å². The van der Waals surface area contributed by atoms with Gasteiger partial charge >= 0.3 is 0 Å². The second-order valence-corrected chi connectivity index (χ2v) is 8.95. The van der Waals surface area contributed by atoms with E-state index in [1.165, 1.54) is 0 Å². The van der Waals surface area contributed by atoms with Gasteiger partial charge in [0.2, 0.25) is 0 Å². The fourth-order valence-electron chi connectivity index (χ4n) is 4.56. The molecule has 1 aliphatic rings. The molecule has 0 unspecified atom stereocenters. The fourth-order valence-corrected chi connectivity index (χ4v) is 4.85. The predicted octanol–water partition coefficient (Wildman–Crippen LogP) is 5.31. The second kappa shape index (κ2) is 8.60. The topological polar surface area (TPSA) is 63.2 Å². The van der Waals surface area contributed by atoms with Crippen LogP contribution in [0.4, 0.5) is 0 Å². The lowest BCUT2D eigenvalue weighted by Gasteiger charge is -2.30. The van der Waals surface area contributed by atoms with Gasteiger partial charge in [0.05, 0.1) is 22.7 Å². The number of carbonyl (C=O) groups excluding carboxylic acids is 1. The Hall–Kier alpha value is -2.44. The van der Waals surface area contributed by atoms with Crippen molar-refractivity contribution in [1.29, 1.82) is 0 Å². The van der Waals surface area contributed by atoms with Crippen molar-refractivity contribution in [1.82, 2.24) is 19.9 Å². The Morgan fingerprint density at radius 2 is 2.00 bits per heavy atom. The van der Waals surface area contributed by atoms with Crippen molar-refractivity contribution in [3.05, 3.63) is 57.6 Å². The van der Waals surface area contributed by atoms with E-state index in [0.717, 1.165) is 36.2 Å². The number of aromatic nitrogens is 3. The number of ether oxygens (including phenoxy) is 1. The molecule has 1 saturated heterocycles. The second-order valence-electron chi connectivity index (χ2n) is 8.14. The molecule has 1 atom stereocenters. The van der Waals surface area contributed by atoms with E-state index < -0.39 is 0 Å². The largest absolute Gasteiger partial charge is 0.496 e. The Labute approximate surface area is 192 Å². The van der Waals surface area contributed by atoms with Crippen LogP contribution in [0.15, 0.2) is 36.4 Å². The molecule has 2 heterocycles. The zero-order valence-electron chi connectivity index (χ0n) is 17.9. The number of aromatic amines is 1. The van der Waals surface area contributed by atoms with Crippen LogP contribution in [0.2, 0.25) is 10.0 Å². The molecular weight excluding hydrogens is 435 g/mol. The number of nitrogens with zero attached hydrogens (tertiary/aromatic N) is 3. The Morgan fingerprint density at radius 1 is 1.23 bits per heavy atom. The Morgan fingerprint density at radius 3 is 2.65 bits per heavy atom. The number of rotatable bonds is 6. The number of carbonyl (C=O) groups is 1. The van der Waals surface area contributed by atoms with Crippen molar-refractivity contribution in [2.75, 3.05) is 20.2 Å². The Kier molecular flexibility index (Phi) is 6.04. The molecule has 0 spiro atoms. The maximum atomic E-state index is 13.5. The number of aryl methyl sites for hydroxylation is 1. The third kappa shape index (κ3) is 4.06. The summed E-state index contributed by atoms with van der Waals surface area (Å²) in [6.07, 6.45) is 2.87. The van der Waals surface area contributed by atoms with Crippen LogP contribution >= 0.6 is 23.2 Å². The molecule has 1 aromatic heterocycles. The highest BCUT2D eigenvalue weighted by Gasteiger charge is 2.41. The molecule has 6 nitrogen and oxygen atoms in total. The summed E-state index contributed by atoms with van der Waals surface area (Å²) in [5.41, 5.74) is 2.40. The van der Waals surface area contributed by atoms with E-state index in [4.69, 9.17) is 27.9 Å². The van der Waals surface area contributed by atoms with E-state index in [0.29, 0.717) is 34.4 Å². The van der Waals surface area contributed by atoms with Gasteiger partial charge in [-0.2, -0.15) is 0 Å². The smallest absolute Gasteiger partial charge is 0.257 e. The molecule has 1 fully saturated rings. The molecule has 8 heteroatoms. The van der Waals surface area contributed by atoms with Gasteiger partial charge in [0.25, 0.3) is 5.91 Å². The summed E-state index contributed by atoms with van der Waals surface area (Å²) in [5.74, 6) is 1.26. The first-order valence-electron chi connectivity index (χ1n) is 10.4. The highest BCUT2D eigenvalue weighted by Crippen LogP contribution is 2.41. The maximum absolute atomic E-state index is 13.5. The first-order chi connectivity index (χ1) is 14.9. The third-order valence-electron chi connectivity index (χ3n) is 6.12. The Bertz CT molecular complexity index is 1090. The standard InChI is InChI=1S/C23H26Cl2N4O2/c1-4-9-23(16-6-7-18(24)19(25)13-16)10-11-29(14-23)22(30)17-12-15(5-8-20(17)31-3)21-26-28(2)27-21/h5-8,12-13H,4,9-11,14H2,1-3H3,(H,26,27)/t23-/m0/s1. The minimum atomic E-state index is -0.133. The van der Waals surface area contributed by atoms with Gasteiger partial charge in [-0.15, -0.1) is 5.10 Å². The molecule has 3 aromatic rings. The summed E-state index contributed by atoms with van der Waals surface area (Å²) in [4.78, 5) is 17.1. The van der Waals surface area contributed by atoms with Gasteiger partial charge in [0, 0.05) is 31.1 Å². The van der Waals surface area contributed by atoms with Crippen LogP contribution in [-0.2, 0) is 12.5 Å². The van der Waals surface area contributed by atoms with Crippen molar-refractivity contribution in [3.63, 3.8) is 0 Å². The van der Waals surface area contributed by atoms with Gasteiger partial charge in [-0.25, -0.2) is 4.80 Å². The first-order valence-corrected chi connectivity index (χ1v) is 11.1. The number of H-pyrrole nitrogens is 1. The molecule has 0 bridgehead atoms. The van der Waals surface area contributed by atoms with Crippen LogP contribution in [0.1, 0.15) is 42.1 Å². The van der Waals surface area contributed by atoms with Crippen LogP contribution < -0.4 is 4.74 Å². The van der Waals surface area contributed by atoms with Crippen molar-refractivity contribution in [3.8, 4) is 17.1 Å². The molecule has 31 heavy (non-hydrogen) atoms. The van der Waals surface area contributed by atoms with E-state index in [9.17, 15) is 4.79 Å². The van der Waals surface area contributed by atoms with Crippen LogP contribution in [0.3, 0.4) is 0 Å². The number of nitrogens with one attached hydrogen (secondary N) is 1. The predicted molar refractivity (Wildman–Crippen MR) is 123 cm³/mol. The van der Waals surface area contributed by atoms with Gasteiger partial charge < -0.3 is 9.64 Å². The molecule has 1 aliphatic heterocycles. The maximum Gasteiger partial charge on any atom is 0.257 e. The summed E-state index contributed by atoms with van der Waals surface area (Å²) >= 11 is 12.5. The van der Waals surface area contributed by atoms with E-state index in [2.05, 4.69) is 17.1 Å². The van der Waals surface area contributed by atoms with E-state index >= 15 is 0 Å². The number of likely N-dealkylation sites (tertiary alicyclic amines) is 1. The minimum absolute atomic E-state index is 0.0370. The summed E-state index contributed by atoms with van der Waals surface area (Å²) in [6.45, 7) is 3.47. The minimum Gasteiger partial charge on any atom is -0.496 e. The van der Waals surface area contributed by atoms with Gasteiger partial charge in [-0.3, -0.25) is 9.89 Å². The van der Waals surface area contributed by atoms with Crippen molar-refractivity contribution < 1.29 is 9.53 Å². The lowest BCUT2D eigenvalue weighted by Crippen LogP contribution is -2.34. The van der Waals surface area contributed by atoms with Crippen LogP contribution in [0.5, 0.6) is 5.75 Å². The van der Waals surface area contributed by atoms with E-state index in [-0.39, 0.29) is 11.3 Å². The highest BCUT2D eigenvalue weighted by molar-refractivity contribution is 6.42. The summed E-state index contributed by atoms with van der Waals surface area (Å²) in [6, 6.07) is 11.4. The number of halogens is 2. The molecule has 1 amide bonds. The molecular formula is C23H26Cl2N4O2. The lowest BCUT2D eigenvalue weighted by atomic mass is 9.76. The molecule has 4 rings (SSSR count). The number of amides is 1. The lowest BCUT2D eigenvalue weighted by molar-refractivity contribution is 0.0779. The fraction of sp³-hybridized carbons (Fsp3) is 0.391. The monoisotopic (exact) mass is 460 g/mol. The third-order valence-corrected chi connectivity index (χ3v) is 6.86. The number of methoxy groups -OCH3 is 1. The SMILES string of the molecule is CCC[C@]1(c2ccc(Cl)c(Cl)c2)CCN(C(=O)c2cc(-c3nn(C)[nH]3)ccc2OC)C1. The van der Waals surface area contributed by atoms with E-state index in [1.54, 1.807) is 11.9 Å². The van der Waals surface area contributed by atoms with Crippen molar-refractivity contribution in [2.45, 2.75) is 31.6 Å². The van der Waals surface area contributed by atoms with Crippen molar-refractivity contribution in [2.24, 2.45) is 7.05 Å². The highest BCUT2D eigenvalue weighted by atomic mass is 35.5. The van der Waals surface area contributed by atoms with Gasteiger partial charge in [-0.05, 0) is 48.7 Å². The van der Waals surface area contributed by atoms with Crippen LogP contribution in [0, 0.1) is 0 Å². The molecule has 0 aliphatic carbocycles. The van der Waals surface area contributed by atoms with E-state index in [1.807, 2.05) is 48.3 Å². The summed E-state index contributed by atoms with van der Waals surface area (Å²) < 4.78 is 5.50. The van der Waals surface area contributed by atoms with Gasteiger partial charge in [-0.1, -0.05) is 42.6 Å². The number of hydrogen-bond acceptors (Lipinski definition) is 3. The molecule has 2 aromatic carbocycles. The van der Waals surface area contributed by atoms with Gasteiger partial charge in [0.15, 0.2) is 5.82 Å². The number of benzene rings is 2. The molecule has 0 saturated carbocycles. The molecule has 164 valence electrons. The van der Waals surface area contributed by atoms with Crippen LogP contribution in [0.25, 0.3) is 11.4 Å². The summed E-state index contributed by atoms with van der Waals surface area (Å²) in [5, 5.41) is 8.48.